The molecule has 0 bridgehead atoms. The number of aliphatic imine (C=N–C) groups is 1. The van der Waals surface area contributed by atoms with Gasteiger partial charge in [0.05, 0.1) is 6.26 Å². The lowest BCUT2D eigenvalue weighted by Gasteiger charge is -2.19. The van der Waals surface area contributed by atoms with Gasteiger partial charge in [0.2, 0.25) is 0 Å². The molecule has 1 atom stereocenters. The van der Waals surface area contributed by atoms with Crippen LogP contribution in [0.2, 0.25) is 0 Å². The molecule has 1 unspecified atom stereocenters. The van der Waals surface area contributed by atoms with Crippen molar-refractivity contribution in [2.75, 3.05) is 31.1 Å². The summed E-state index contributed by atoms with van der Waals surface area (Å²) in [7, 11) is 0. The van der Waals surface area contributed by atoms with Crippen LogP contribution in [0.5, 0.6) is 0 Å². The van der Waals surface area contributed by atoms with Crippen molar-refractivity contribution in [1.82, 2.24) is 15.6 Å². The molecule has 25 heavy (non-hydrogen) atoms. The highest BCUT2D eigenvalue weighted by Crippen LogP contribution is 2.20. The number of halogens is 1. The van der Waals surface area contributed by atoms with Crippen molar-refractivity contribution in [3.63, 3.8) is 0 Å². The molecule has 1 fully saturated rings. The SMILES string of the molecule is CCNC(=NCCc1ccco1)NC1CCN(c2ncccc2F)C1. The van der Waals surface area contributed by atoms with Crippen LogP contribution in [0, 0.1) is 5.82 Å². The van der Waals surface area contributed by atoms with E-state index in [1.165, 1.54) is 6.07 Å². The van der Waals surface area contributed by atoms with Crippen molar-refractivity contribution < 1.29 is 8.81 Å². The predicted octanol–water partition coefficient (Wildman–Crippen LogP) is 2.19. The number of rotatable bonds is 6. The molecule has 1 aliphatic heterocycles. The number of guanidine groups is 1. The van der Waals surface area contributed by atoms with Crippen LogP contribution in [0.25, 0.3) is 0 Å². The van der Waals surface area contributed by atoms with E-state index < -0.39 is 0 Å². The number of anilines is 1. The summed E-state index contributed by atoms with van der Waals surface area (Å²) in [5.74, 6) is 1.85. The van der Waals surface area contributed by atoms with Crippen LogP contribution in [0.1, 0.15) is 19.1 Å². The van der Waals surface area contributed by atoms with Crippen molar-refractivity contribution in [3.8, 4) is 0 Å². The monoisotopic (exact) mass is 345 g/mol. The Morgan fingerprint density at radius 2 is 2.36 bits per heavy atom. The van der Waals surface area contributed by atoms with Crippen LogP contribution in [-0.4, -0.2) is 43.2 Å². The molecular formula is C18H24FN5O. The summed E-state index contributed by atoms with van der Waals surface area (Å²) in [4.78, 5) is 10.7. The molecule has 3 heterocycles. The number of hydrogen-bond acceptors (Lipinski definition) is 4. The van der Waals surface area contributed by atoms with Gasteiger partial charge in [-0.15, -0.1) is 0 Å². The Bertz CT molecular complexity index is 689. The van der Waals surface area contributed by atoms with Crippen molar-refractivity contribution in [1.29, 1.82) is 0 Å². The van der Waals surface area contributed by atoms with Crippen molar-refractivity contribution in [3.05, 3.63) is 48.3 Å². The van der Waals surface area contributed by atoms with Gasteiger partial charge in [-0.05, 0) is 37.6 Å². The first-order valence-electron chi connectivity index (χ1n) is 8.69. The Morgan fingerprint density at radius 3 is 3.12 bits per heavy atom. The summed E-state index contributed by atoms with van der Waals surface area (Å²) in [6, 6.07) is 7.10. The lowest BCUT2D eigenvalue weighted by molar-refractivity contribution is 0.510. The third-order valence-electron chi connectivity index (χ3n) is 4.12. The number of nitrogens with zero attached hydrogens (tertiary/aromatic N) is 3. The van der Waals surface area contributed by atoms with Gasteiger partial charge in [-0.3, -0.25) is 4.99 Å². The van der Waals surface area contributed by atoms with Crippen LogP contribution < -0.4 is 15.5 Å². The van der Waals surface area contributed by atoms with E-state index in [1.54, 1.807) is 18.5 Å². The van der Waals surface area contributed by atoms with E-state index in [9.17, 15) is 4.39 Å². The van der Waals surface area contributed by atoms with Crippen LogP contribution in [0.15, 0.2) is 46.1 Å². The van der Waals surface area contributed by atoms with Gasteiger partial charge in [-0.2, -0.15) is 0 Å². The van der Waals surface area contributed by atoms with Crippen molar-refractivity contribution >= 4 is 11.8 Å². The molecule has 3 rings (SSSR count). The lowest BCUT2D eigenvalue weighted by Crippen LogP contribution is -2.44. The van der Waals surface area contributed by atoms with E-state index in [2.05, 4.69) is 20.6 Å². The topological polar surface area (TPSA) is 65.7 Å². The normalized spacial score (nSPS) is 17.8. The Kier molecular flexibility index (Phi) is 5.87. The molecule has 0 spiro atoms. The first-order valence-corrected chi connectivity index (χ1v) is 8.69. The molecule has 0 saturated carbocycles. The van der Waals surface area contributed by atoms with Gasteiger partial charge in [0.15, 0.2) is 17.6 Å². The van der Waals surface area contributed by atoms with Gasteiger partial charge in [0.25, 0.3) is 0 Å². The third-order valence-corrected chi connectivity index (χ3v) is 4.12. The van der Waals surface area contributed by atoms with Gasteiger partial charge in [-0.25, -0.2) is 9.37 Å². The molecule has 7 heteroatoms. The fraction of sp³-hybridized carbons (Fsp3) is 0.444. The second-order valence-electron chi connectivity index (χ2n) is 5.97. The van der Waals surface area contributed by atoms with Gasteiger partial charge in [0.1, 0.15) is 5.76 Å². The van der Waals surface area contributed by atoms with Crippen molar-refractivity contribution in [2.45, 2.75) is 25.8 Å². The minimum absolute atomic E-state index is 0.211. The maximum absolute atomic E-state index is 13.9. The molecule has 0 aromatic carbocycles. The van der Waals surface area contributed by atoms with E-state index in [4.69, 9.17) is 4.42 Å². The minimum atomic E-state index is -0.276. The Morgan fingerprint density at radius 1 is 1.44 bits per heavy atom. The van der Waals surface area contributed by atoms with Crippen molar-refractivity contribution in [2.24, 2.45) is 4.99 Å². The molecule has 2 N–H and O–H groups in total. The smallest absolute Gasteiger partial charge is 0.191 e. The average molecular weight is 345 g/mol. The summed E-state index contributed by atoms with van der Waals surface area (Å²) < 4.78 is 19.2. The molecule has 6 nitrogen and oxygen atoms in total. The average Bonchev–Trinajstić information content (AvgIpc) is 3.27. The summed E-state index contributed by atoms with van der Waals surface area (Å²) in [5.41, 5.74) is 0. The molecule has 2 aromatic rings. The first kappa shape index (κ1) is 17.3. The summed E-state index contributed by atoms with van der Waals surface area (Å²) in [5, 5.41) is 6.69. The second-order valence-corrected chi connectivity index (χ2v) is 5.97. The summed E-state index contributed by atoms with van der Waals surface area (Å²) >= 11 is 0. The second kappa shape index (κ2) is 8.50. The van der Waals surface area contributed by atoms with Gasteiger partial charge >= 0.3 is 0 Å². The fourth-order valence-electron chi connectivity index (χ4n) is 2.93. The molecule has 2 aromatic heterocycles. The van der Waals surface area contributed by atoms with Gasteiger partial charge < -0.3 is 20.0 Å². The number of aromatic nitrogens is 1. The van der Waals surface area contributed by atoms with E-state index in [0.717, 1.165) is 37.7 Å². The van der Waals surface area contributed by atoms with E-state index >= 15 is 0 Å². The van der Waals surface area contributed by atoms with Crippen LogP contribution in [-0.2, 0) is 6.42 Å². The predicted molar refractivity (Wildman–Crippen MR) is 96.3 cm³/mol. The van der Waals surface area contributed by atoms with E-state index in [-0.39, 0.29) is 11.9 Å². The van der Waals surface area contributed by atoms with Gasteiger partial charge in [0, 0.05) is 44.8 Å². The Labute approximate surface area is 147 Å². The Balaban J connectivity index is 1.54. The van der Waals surface area contributed by atoms with Crippen LogP contribution in [0.3, 0.4) is 0 Å². The van der Waals surface area contributed by atoms with Gasteiger partial charge in [-0.1, -0.05) is 0 Å². The minimum Gasteiger partial charge on any atom is -0.469 e. The molecule has 1 saturated heterocycles. The maximum atomic E-state index is 13.9. The molecule has 0 aliphatic carbocycles. The molecule has 1 aliphatic rings. The zero-order valence-electron chi connectivity index (χ0n) is 14.4. The maximum Gasteiger partial charge on any atom is 0.191 e. The fourth-order valence-corrected chi connectivity index (χ4v) is 2.93. The standard InChI is InChI=1S/C18H24FN5O/c1-2-20-18(22-10-7-15-5-4-12-25-15)23-14-8-11-24(13-14)17-16(19)6-3-9-21-17/h3-6,9,12,14H,2,7-8,10-11,13H2,1H3,(H2,20,22,23). The molecule has 0 radical (unpaired) electrons. The van der Waals surface area contributed by atoms with E-state index in [1.807, 2.05) is 24.0 Å². The zero-order chi connectivity index (χ0) is 17.5. The number of nitrogens with one attached hydrogen (secondary N) is 2. The van der Waals surface area contributed by atoms with Crippen LogP contribution in [0.4, 0.5) is 10.2 Å². The largest absolute Gasteiger partial charge is 0.469 e. The highest BCUT2D eigenvalue weighted by molar-refractivity contribution is 5.80. The number of hydrogen-bond donors (Lipinski definition) is 2. The highest BCUT2D eigenvalue weighted by Gasteiger charge is 2.25. The zero-order valence-corrected chi connectivity index (χ0v) is 14.4. The quantitative estimate of drug-likeness (QED) is 0.621. The lowest BCUT2D eigenvalue weighted by atomic mass is 10.3. The molecule has 134 valence electrons. The van der Waals surface area contributed by atoms with Crippen LogP contribution >= 0.6 is 0 Å². The molecule has 0 amide bonds. The third kappa shape index (κ3) is 4.71. The summed E-state index contributed by atoms with van der Waals surface area (Å²) in [6.07, 6.45) is 4.98. The number of furan rings is 1. The summed E-state index contributed by atoms with van der Waals surface area (Å²) in [6.45, 7) is 4.95. The molecular weight excluding hydrogens is 321 g/mol. The van der Waals surface area contributed by atoms with E-state index in [0.29, 0.717) is 18.9 Å². The first-order chi connectivity index (χ1) is 12.3. The number of pyridine rings is 1. The highest BCUT2D eigenvalue weighted by atomic mass is 19.1. The Hall–Kier alpha value is -2.57.